The highest BCUT2D eigenvalue weighted by atomic mass is 35.5. The first-order valence-electron chi connectivity index (χ1n) is 6.78. The number of alkyl halides is 3. The molecular weight excluding hydrogens is 353 g/mol. The van der Waals surface area contributed by atoms with Gasteiger partial charge in [-0.2, -0.15) is 13.2 Å². The Morgan fingerprint density at radius 1 is 1.26 bits per heavy atom. The van der Waals surface area contributed by atoms with Crippen molar-refractivity contribution in [2.75, 3.05) is 11.9 Å². The highest BCUT2D eigenvalue weighted by molar-refractivity contribution is 7.83. The second-order valence-corrected chi connectivity index (χ2v) is 5.94. The summed E-state index contributed by atoms with van der Waals surface area (Å²) in [6.45, 7) is 2.61. The first kappa shape index (κ1) is 17.7. The van der Waals surface area contributed by atoms with Crippen molar-refractivity contribution in [3.63, 3.8) is 0 Å². The van der Waals surface area contributed by atoms with E-state index in [0.29, 0.717) is 6.54 Å². The highest BCUT2D eigenvalue weighted by Crippen LogP contribution is 2.36. The van der Waals surface area contributed by atoms with E-state index in [1.807, 2.05) is 6.92 Å². The summed E-state index contributed by atoms with van der Waals surface area (Å²) in [6.07, 6.45) is -2.74. The Morgan fingerprint density at radius 2 is 1.96 bits per heavy atom. The molecule has 2 rings (SSSR count). The average molecular weight is 367 g/mol. The van der Waals surface area contributed by atoms with Gasteiger partial charge in [0.15, 0.2) is 11.7 Å². The predicted octanol–water partition coefficient (Wildman–Crippen LogP) is 3.55. The molecule has 0 amide bonds. The van der Waals surface area contributed by atoms with Crippen molar-refractivity contribution in [1.82, 2.24) is 5.32 Å². The normalized spacial score (nSPS) is 17.7. The molecule has 0 fully saturated rings. The van der Waals surface area contributed by atoms with Gasteiger partial charge in [0.25, 0.3) is 11.2 Å². The van der Waals surface area contributed by atoms with Crippen LogP contribution in [-0.4, -0.2) is 22.4 Å². The van der Waals surface area contributed by atoms with Gasteiger partial charge < -0.3 is 10.6 Å². The zero-order chi connectivity index (χ0) is 17.0. The number of amidine groups is 2. The number of rotatable bonds is 4. The van der Waals surface area contributed by atoms with Crippen LogP contribution in [-0.2, 0) is 17.3 Å². The largest absolute Gasteiger partial charge is 0.417 e. The number of unbranched alkanes of at least 4 members (excludes halogenated alkanes) is 1. The number of nitrogens with one attached hydrogen (secondary N) is 2. The van der Waals surface area contributed by atoms with Crippen molar-refractivity contribution in [3.05, 3.63) is 28.8 Å². The van der Waals surface area contributed by atoms with E-state index in [2.05, 4.69) is 19.4 Å². The lowest BCUT2D eigenvalue weighted by molar-refractivity contribution is -0.137. The molecule has 126 valence electrons. The molecule has 0 radical (unpaired) electrons. The van der Waals surface area contributed by atoms with Crippen LogP contribution in [0.4, 0.5) is 18.9 Å². The van der Waals surface area contributed by atoms with Crippen molar-refractivity contribution in [1.29, 1.82) is 0 Å². The summed E-state index contributed by atoms with van der Waals surface area (Å²) in [6, 6.07) is 3.39. The lowest BCUT2D eigenvalue weighted by Crippen LogP contribution is -2.34. The van der Waals surface area contributed by atoms with E-state index >= 15 is 0 Å². The molecule has 0 bridgehead atoms. The summed E-state index contributed by atoms with van der Waals surface area (Å²) in [5.41, 5.74) is -0.828. The molecule has 0 saturated carbocycles. The van der Waals surface area contributed by atoms with Gasteiger partial charge in [0.1, 0.15) is 0 Å². The minimum Gasteiger partial charge on any atom is -0.366 e. The van der Waals surface area contributed by atoms with Crippen molar-refractivity contribution < 1.29 is 17.4 Å². The van der Waals surface area contributed by atoms with Crippen LogP contribution in [0.5, 0.6) is 0 Å². The van der Waals surface area contributed by atoms with E-state index in [1.165, 1.54) is 6.07 Å². The zero-order valence-electron chi connectivity index (χ0n) is 12.1. The fraction of sp³-hybridized carbons (Fsp3) is 0.385. The molecule has 0 aromatic heterocycles. The van der Waals surface area contributed by atoms with Gasteiger partial charge in [-0.25, -0.2) is 4.21 Å². The molecule has 1 aromatic carbocycles. The number of hydrogen-bond donors (Lipinski definition) is 2. The fourth-order valence-corrected chi connectivity index (χ4v) is 2.66. The van der Waals surface area contributed by atoms with Crippen LogP contribution in [0.25, 0.3) is 0 Å². The van der Waals surface area contributed by atoms with Crippen molar-refractivity contribution in [2.45, 2.75) is 25.9 Å². The van der Waals surface area contributed by atoms with Crippen LogP contribution in [0.3, 0.4) is 0 Å². The van der Waals surface area contributed by atoms with Gasteiger partial charge in [0.05, 0.1) is 10.6 Å². The lowest BCUT2D eigenvalue weighted by Gasteiger charge is -2.13. The van der Waals surface area contributed by atoms with E-state index in [1.54, 1.807) is 0 Å². The summed E-state index contributed by atoms with van der Waals surface area (Å²) in [5, 5.41) is 5.25. The maximum absolute atomic E-state index is 12.9. The molecule has 1 aliphatic rings. The topological polar surface area (TPSA) is 65.8 Å². The van der Waals surface area contributed by atoms with Crippen LogP contribution in [0.15, 0.2) is 27.0 Å². The minimum atomic E-state index is -4.56. The summed E-state index contributed by atoms with van der Waals surface area (Å²) in [5.74, 6) is 0.398. The van der Waals surface area contributed by atoms with Crippen molar-refractivity contribution in [3.8, 4) is 0 Å². The second kappa shape index (κ2) is 7.31. The first-order chi connectivity index (χ1) is 10.8. The summed E-state index contributed by atoms with van der Waals surface area (Å²) < 4.78 is 57.5. The third-order valence-electron chi connectivity index (χ3n) is 2.92. The van der Waals surface area contributed by atoms with E-state index in [9.17, 15) is 17.4 Å². The smallest absolute Gasteiger partial charge is 0.366 e. The predicted molar refractivity (Wildman–Crippen MR) is 86.0 cm³/mol. The number of anilines is 1. The molecule has 1 atom stereocenters. The second-order valence-electron chi connectivity index (χ2n) is 4.71. The van der Waals surface area contributed by atoms with E-state index in [0.717, 1.165) is 25.0 Å². The first-order valence-corrected chi connectivity index (χ1v) is 8.23. The van der Waals surface area contributed by atoms with Crippen LogP contribution in [0, 0.1) is 0 Å². The molecule has 23 heavy (non-hydrogen) atoms. The quantitative estimate of drug-likeness (QED) is 0.801. The van der Waals surface area contributed by atoms with Crippen LogP contribution >= 0.6 is 11.6 Å². The molecule has 1 heterocycles. The molecule has 10 heteroatoms. The highest BCUT2D eigenvalue weighted by Gasteiger charge is 2.33. The van der Waals surface area contributed by atoms with Crippen LogP contribution in [0.1, 0.15) is 25.3 Å². The van der Waals surface area contributed by atoms with Crippen LogP contribution < -0.4 is 10.6 Å². The van der Waals surface area contributed by atoms with Gasteiger partial charge in [-0.15, -0.1) is 8.80 Å². The Hall–Kier alpha value is -1.61. The van der Waals surface area contributed by atoms with E-state index in [-0.39, 0.29) is 17.4 Å². The molecule has 5 nitrogen and oxygen atoms in total. The molecule has 0 saturated heterocycles. The standard InChI is InChI=1S/C13H14ClF3N4OS/c1-2-3-6-18-11-12(21-23(22)20-11)19-8-4-5-10(14)9(7-8)13(15,16)17/h4-5,7H,2-3,6H2,1H3,(H,18,20)(H,19,21). The van der Waals surface area contributed by atoms with Crippen LogP contribution in [0.2, 0.25) is 5.02 Å². The summed E-state index contributed by atoms with van der Waals surface area (Å²) in [7, 11) is 0. The number of hydrogen-bond acceptors (Lipinski definition) is 3. The van der Waals surface area contributed by atoms with Gasteiger partial charge >= 0.3 is 6.18 Å². The third-order valence-corrected chi connectivity index (χ3v) is 3.93. The number of benzene rings is 1. The number of halogens is 4. The van der Waals surface area contributed by atoms with Gasteiger partial charge in [0, 0.05) is 12.2 Å². The molecule has 1 aliphatic heterocycles. The Balaban J connectivity index is 2.17. The van der Waals surface area contributed by atoms with Gasteiger partial charge in [0.2, 0.25) is 0 Å². The Labute approximate surface area is 138 Å². The average Bonchev–Trinajstić information content (AvgIpc) is 2.80. The van der Waals surface area contributed by atoms with E-state index in [4.69, 9.17) is 11.6 Å². The molecular formula is C13H14ClF3N4OS. The molecule has 1 aromatic rings. The third kappa shape index (κ3) is 4.68. The molecule has 0 spiro atoms. The SMILES string of the molecule is CCCCNC1=NS(=O)N=C1Nc1ccc(Cl)c(C(F)(F)F)c1. The maximum atomic E-state index is 12.9. The lowest BCUT2D eigenvalue weighted by atomic mass is 10.2. The Bertz CT molecular complexity index is 676. The maximum Gasteiger partial charge on any atom is 0.417 e. The van der Waals surface area contributed by atoms with Gasteiger partial charge in [-0.3, -0.25) is 0 Å². The molecule has 0 aliphatic carbocycles. The Morgan fingerprint density at radius 3 is 2.61 bits per heavy atom. The molecule has 2 N–H and O–H groups in total. The monoisotopic (exact) mass is 366 g/mol. The van der Waals surface area contributed by atoms with Crippen molar-refractivity contribution >= 4 is 40.1 Å². The Kier molecular flexibility index (Phi) is 5.64. The fourth-order valence-electron chi connectivity index (χ4n) is 1.80. The zero-order valence-corrected chi connectivity index (χ0v) is 13.6. The summed E-state index contributed by atoms with van der Waals surface area (Å²) >= 11 is 3.78. The summed E-state index contributed by atoms with van der Waals surface area (Å²) in [4.78, 5) is 0. The van der Waals surface area contributed by atoms with Crippen molar-refractivity contribution in [2.24, 2.45) is 8.80 Å². The molecule has 1 unspecified atom stereocenters. The van der Waals surface area contributed by atoms with Gasteiger partial charge in [-0.1, -0.05) is 24.9 Å². The van der Waals surface area contributed by atoms with E-state index < -0.39 is 27.9 Å². The van der Waals surface area contributed by atoms with Gasteiger partial charge in [-0.05, 0) is 24.6 Å². The number of nitrogens with zero attached hydrogens (tertiary/aromatic N) is 2. The minimum absolute atomic E-state index is 0.129.